The van der Waals surface area contributed by atoms with Gasteiger partial charge in [0.1, 0.15) is 0 Å². The summed E-state index contributed by atoms with van der Waals surface area (Å²) in [5, 5.41) is 11.3. The Balaban J connectivity index is 1.77. The van der Waals surface area contributed by atoms with Gasteiger partial charge < -0.3 is 9.88 Å². The second-order valence-corrected chi connectivity index (χ2v) is 5.54. The highest BCUT2D eigenvalue weighted by Crippen LogP contribution is 2.09. The smallest absolute Gasteiger partial charge is 0.307 e. The van der Waals surface area contributed by atoms with Crippen LogP contribution in [-0.2, 0) is 11.3 Å². The predicted octanol–water partition coefficient (Wildman–Crippen LogP) is 1.60. The molecule has 108 valence electrons. The number of nitrogens with one attached hydrogen (secondary N) is 2. The van der Waals surface area contributed by atoms with E-state index in [0.29, 0.717) is 19.4 Å². The molecule has 2 aromatic heterocycles. The van der Waals surface area contributed by atoms with E-state index in [4.69, 9.17) is 0 Å². The second-order valence-electron chi connectivity index (χ2n) is 4.72. The summed E-state index contributed by atoms with van der Waals surface area (Å²) in [7, 11) is 0. The number of hydrogen-bond acceptors (Lipinski definition) is 4. The monoisotopic (exact) mass is 294 g/mol. The Bertz CT molecular complexity index is 615. The van der Waals surface area contributed by atoms with Crippen LogP contribution in [-0.4, -0.2) is 20.7 Å². The summed E-state index contributed by atoms with van der Waals surface area (Å²) in [6.45, 7) is 4.40. The number of thiazole rings is 1. The summed E-state index contributed by atoms with van der Waals surface area (Å²) in [4.78, 5) is 23.4. The van der Waals surface area contributed by atoms with Crippen molar-refractivity contribution in [2.24, 2.45) is 0 Å². The van der Waals surface area contributed by atoms with Crippen molar-refractivity contribution in [3.8, 4) is 0 Å². The molecule has 0 spiro atoms. The molecule has 0 fully saturated rings. The number of aromatic amines is 1. The Labute approximate surface area is 120 Å². The Hall–Kier alpha value is -1.89. The molecule has 0 bridgehead atoms. The molecule has 0 aliphatic carbocycles. The van der Waals surface area contributed by atoms with Gasteiger partial charge in [0.25, 0.3) is 0 Å². The van der Waals surface area contributed by atoms with Gasteiger partial charge in [-0.2, -0.15) is 5.10 Å². The summed E-state index contributed by atoms with van der Waals surface area (Å²) in [5.74, 6) is -0.0142. The Morgan fingerprint density at radius 2 is 2.40 bits per heavy atom. The van der Waals surface area contributed by atoms with Gasteiger partial charge >= 0.3 is 4.87 Å². The standard InChI is InChI=1S/C13H18N4O2S/c1-9-8-20-13(19)17(9)5-3-4-12(18)16-10(2)11-6-14-15-7-11/h6-8,10H,3-5H2,1-2H3,(H,14,15)(H,16,18). The fraction of sp³-hybridized carbons (Fsp3) is 0.462. The Kier molecular flexibility index (Phi) is 4.73. The van der Waals surface area contributed by atoms with Crippen LogP contribution >= 0.6 is 11.3 Å². The van der Waals surface area contributed by atoms with Gasteiger partial charge in [-0.25, -0.2) is 0 Å². The molecule has 0 radical (unpaired) electrons. The van der Waals surface area contributed by atoms with E-state index < -0.39 is 0 Å². The van der Waals surface area contributed by atoms with Crippen LogP contribution in [0.15, 0.2) is 22.6 Å². The number of carbonyl (C=O) groups excluding carboxylic acids is 1. The van der Waals surface area contributed by atoms with Gasteiger partial charge in [0, 0.05) is 35.8 Å². The van der Waals surface area contributed by atoms with Crippen molar-refractivity contribution >= 4 is 17.2 Å². The number of aryl methyl sites for hydroxylation is 1. The van der Waals surface area contributed by atoms with Crippen LogP contribution in [0.5, 0.6) is 0 Å². The van der Waals surface area contributed by atoms with Gasteiger partial charge in [0.15, 0.2) is 0 Å². The van der Waals surface area contributed by atoms with E-state index in [0.717, 1.165) is 11.3 Å². The maximum atomic E-state index is 11.8. The van der Waals surface area contributed by atoms with Crippen LogP contribution in [0.25, 0.3) is 0 Å². The highest BCUT2D eigenvalue weighted by Gasteiger charge is 2.10. The quantitative estimate of drug-likeness (QED) is 0.849. The highest BCUT2D eigenvalue weighted by molar-refractivity contribution is 7.07. The molecular formula is C13H18N4O2S. The normalized spacial score (nSPS) is 12.3. The third-order valence-electron chi connectivity index (χ3n) is 3.16. The SMILES string of the molecule is Cc1csc(=O)n1CCCC(=O)NC(C)c1cn[nH]c1. The first kappa shape index (κ1) is 14.5. The molecule has 20 heavy (non-hydrogen) atoms. The topological polar surface area (TPSA) is 79.8 Å². The van der Waals surface area contributed by atoms with E-state index in [1.54, 1.807) is 17.0 Å². The lowest BCUT2D eigenvalue weighted by Gasteiger charge is -2.12. The molecule has 2 aromatic rings. The minimum absolute atomic E-state index is 0.0142. The second kappa shape index (κ2) is 6.51. The van der Waals surface area contributed by atoms with Gasteiger partial charge in [0.2, 0.25) is 5.91 Å². The lowest BCUT2D eigenvalue weighted by Crippen LogP contribution is -2.26. The molecule has 1 amide bonds. The van der Waals surface area contributed by atoms with Crippen LogP contribution in [0, 0.1) is 6.92 Å². The van der Waals surface area contributed by atoms with Crippen molar-refractivity contribution in [3.05, 3.63) is 38.7 Å². The molecule has 1 atom stereocenters. The highest BCUT2D eigenvalue weighted by atomic mass is 32.1. The zero-order valence-corrected chi connectivity index (χ0v) is 12.4. The first-order valence-corrected chi connectivity index (χ1v) is 7.39. The summed E-state index contributed by atoms with van der Waals surface area (Å²) in [6, 6.07) is -0.0631. The average molecular weight is 294 g/mol. The van der Waals surface area contributed by atoms with Crippen molar-refractivity contribution in [2.75, 3.05) is 0 Å². The number of nitrogens with zero attached hydrogens (tertiary/aromatic N) is 2. The number of amides is 1. The molecule has 0 aliphatic heterocycles. The van der Waals surface area contributed by atoms with E-state index in [9.17, 15) is 9.59 Å². The molecule has 2 heterocycles. The maximum Gasteiger partial charge on any atom is 0.307 e. The molecule has 2 rings (SSSR count). The van der Waals surface area contributed by atoms with E-state index >= 15 is 0 Å². The molecule has 6 nitrogen and oxygen atoms in total. The van der Waals surface area contributed by atoms with E-state index in [-0.39, 0.29) is 16.8 Å². The molecule has 1 unspecified atom stereocenters. The van der Waals surface area contributed by atoms with Crippen molar-refractivity contribution in [1.82, 2.24) is 20.1 Å². The lowest BCUT2D eigenvalue weighted by molar-refractivity contribution is -0.121. The Morgan fingerprint density at radius 3 is 3.00 bits per heavy atom. The molecule has 2 N–H and O–H groups in total. The van der Waals surface area contributed by atoms with Crippen LogP contribution < -0.4 is 10.2 Å². The third kappa shape index (κ3) is 3.57. The minimum Gasteiger partial charge on any atom is -0.349 e. The van der Waals surface area contributed by atoms with E-state index in [1.807, 2.05) is 19.2 Å². The average Bonchev–Trinajstić information content (AvgIpc) is 3.03. The maximum absolute atomic E-state index is 11.8. The number of H-pyrrole nitrogens is 1. The van der Waals surface area contributed by atoms with Crippen molar-refractivity contribution in [3.63, 3.8) is 0 Å². The van der Waals surface area contributed by atoms with Gasteiger partial charge in [-0.05, 0) is 20.3 Å². The number of hydrogen-bond donors (Lipinski definition) is 2. The van der Waals surface area contributed by atoms with Crippen molar-refractivity contribution in [2.45, 2.75) is 39.3 Å². The molecular weight excluding hydrogens is 276 g/mol. The molecule has 0 saturated heterocycles. The first-order chi connectivity index (χ1) is 9.58. The van der Waals surface area contributed by atoms with Gasteiger partial charge in [-0.15, -0.1) is 0 Å². The van der Waals surface area contributed by atoms with Crippen LogP contribution in [0.2, 0.25) is 0 Å². The number of rotatable bonds is 6. The van der Waals surface area contributed by atoms with Crippen molar-refractivity contribution < 1.29 is 4.79 Å². The van der Waals surface area contributed by atoms with E-state index in [2.05, 4.69) is 15.5 Å². The van der Waals surface area contributed by atoms with Crippen molar-refractivity contribution in [1.29, 1.82) is 0 Å². The van der Waals surface area contributed by atoms with Gasteiger partial charge in [0.05, 0.1) is 12.2 Å². The predicted molar refractivity (Wildman–Crippen MR) is 77.7 cm³/mol. The van der Waals surface area contributed by atoms with Gasteiger partial charge in [-0.1, -0.05) is 11.3 Å². The van der Waals surface area contributed by atoms with E-state index in [1.165, 1.54) is 11.3 Å². The fourth-order valence-electron chi connectivity index (χ4n) is 1.97. The summed E-state index contributed by atoms with van der Waals surface area (Å²) in [5.41, 5.74) is 1.90. The molecule has 0 aliphatic rings. The zero-order valence-electron chi connectivity index (χ0n) is 11.5. The number of carbonyl (C=O) groups is 1. The lowest BCUT2D eigenvalue weighted by atomic mass is 10.2. The first-order valence-electron chi connectivity index (χ1n) is 6.51. The minimum atomic E-state index is -0.0631. The van der Waals surface area contributed by atoms with Crippen LogP contribution in [0.3, 0.4) is 0 Å². The van der Waals surface area contributed by atoms with Crippen LogP contribution in [0.1, 0.15) is 37.1 Å². The molecule has 0 saturated carbocycles. The Morgan fingerprint density at radius 1 is 1.60 bits per heavy atom. The summed E-state index contributed by atoms with van der Waals surface area (Å²) in [6.07, 6.45) is 4.52. The third-order valence-corrected chi connectivity index (χ3v) is 4.04. The molecule has 7 heteroatoms. The summed E-state index contributed by atoms with van der Waals surface area (Å²) < 4.78 is 1.71. The fourth-order valence-corrected chi connectivity index (χ4v) is 2.73. The largest absolute Gasteiger partial charge is 0.349 e. The summed E-state index contributed by atoms with van der Waals surface area (Å²) >= 11 is 1.20. The zero-order chi connectivity index (χ0) is 14.5. The molecule has 0 aromatic carbocycles. The number of aromatic nitrogens is 3. The van der Waals surface area contributed by atoms with Gasteiger partial charge in [-0.3, -0.25) is 14.7 Å². The van der Waals surface area contributed by atoms with Crippen LogP contribution in [0.4, 0.5) is 0 Å².